The third kappa shape index (κ3) is 6.19. The average Bonchev–Trinajstić information content (AvgIpc) is 2.95. The lowest BCUT2D eigenvalue weighted by atomic mass is 10.0. The first-order valence-corrected chi connectivity index (χ1v) is 9.88. The molecule has 1 atom stereocenters. The number of amides is 2. The van der Waals surface area contributed by atoms with Crippen LogP contribution in [0.2, 0.25) is 0 Å². The maximum Gasteiger partial charge on any atom is 0.317 e. The standard InChI is InChI=1S/C16H25N3O3S/c1-23(21,22)18-11-6-10-17-16(20)19-12-5-9-15(19)13-14-7-3-2-4-8-14/h2-4,7-8,15,18H,5-6,9-13H2,1H3,(H,17,20). The number of hydrogen-bond donors (Lipinski definition) is 2. The van der Waals surface area contributed by atoms with Crippen LogP contribution in [-0.2, 0) is 16.4 Å². The molecule has 0 saturated carbocycles. The number of benzene rings is 1. The quantitative estimate of drug-likeness (QED) is 0.736. The number of likely N-dealkylation sites (tertiary alicyclic amines) is 1. The number of nitrogens with zero attached hydrogens (tertiary/aromatic N) is 1. The van der Waals surface area contributed by atoms with Crippen molar-refractivity contribution in [2.45, 2.75) is 31.7 Å². The van der Waals surface area contributed by atoms with Gasteiger partial charge in [0.1, 0.15) is 0 Å². The Bertz CT molecular complexity index is 604. The van der Waals surface area contributed by atoms with Crippen molar-refractivity contribution in [3.8, 4) is 0 Å². The predicted octanol–water partition coefficient (Wildman–Crippen LogP) is 1.34. The van der Waals surface area contributed by atoms with Crippen molar-refractivity contribution in [1.82, 2.24) is 14.9 Å². The number of nitrogens with one attached hydrogen (secondary N) is 2. The first-order valence-electron chi connectivity index (χ1n) is 7.99. The normalized spacial score (nSPS) is 18.1. The summed E-state index contributed by atoms with van der Waals surface area (Å²) in [7, 11) is -3.16. The predicted molar refractivity (Wildman–Crippen MR) is 90.7 cm³/mol. The Kier molecular flexibility index (Phi) is 6.41. The molecule has 0 radical (unpaired) electrons. The van der Waals surface area contributed by atoms with Gasteiger partial charge in [-0.2, -0.15) is 0 Å². The highest BCUT2D eigenvalue weighted by Gasteiger charge is 2.28. The number of carbonyl (C=O) groups is 1. The number of hydrogen-bond acceptors (Lipinski definition) is 3. The molecule has 6 nitrogen and oxygen atoms in total. The van der Waals surface area contributed by atoms with Crippen LogP contribution in [0.1, 0.15) is 24.8 Å². The summed E-state index contributed by atoms with van der Waals surface area (Å²) in [4.78, 5) is 14.2. The Balaban J connectivity index is 1.75. The van der Waals surface area contributed by atoms with Crippen LogP contribution < -0.4 is 10.0 Å². The molecule has 2 amide bonds. The van der Waals surface area contributed by atoms with Gasteiger partial charge in [0.25, 0.3) is 0 Å². The second-order valence-electron chi connectivity index (χ2n) is 5.93. The third-order valence-electron chi connectivity index (χ3n) is 3.95. The Hall–Kier alpha value is -1.60. The molecule has 1 fully saturated rings. The van der Waals surface area contributed by atoms with E-state index in [1.165, 1.54) is 5.56 Å². The second-order valence-corrected chi connectivity index (χ2v) is 7.76. The molecule has 7 heteroatoms. The molecule has 1 aliphatic rings. The Morgan fingerprint density at radius 1 is 1.26 bits per heavy atom. The van der Waals surface area contributed by atoms with Gasteiger partial charge in [0, 0.05) is 25.7 Å². The number of urea groups is 1. The van der Waals surface area contributed by atoms with Crippen molar-refractivity contribution in [3.63, 3.8) is 0 Å². The van der Waals surface area contributed by atoms with Crippen LogP contribution in [0, 0.1) is 0 Å². The van der Waals surface area contributed by atoms with E-state index in [0.717, 1.165) is 32.1 Å². The zero-order valence-electron chi connectivity index (χ0n) is 13.5. The number of sulfonamides is 1. The molecule has 1 aromatic rings. The van der Waals surface area contributed by atoms with E-state index in [2.05, 4.69) is 22.2 Å². The summed E-state index contributed by atoms with van der Waals surface area (Å²) < 4.78 is 24.3. The lowest BCUT2D eigenvalue weighted by Crippen LogP contribution is -2.44. The highest BCUT2D eigenvalue weighted by Crippen LogP contribution is 2.21. The van der Waals surface area contributed by atoms with Crippen LogP contribution in [-0.4, -0.2) is 51.3 Å². The van der Waals surface area contributed by atoms with Crippen LogP contribution in [0.4, 0.5) is 4.79 Å². The summed E-state index contributed by atoms with van der Waals surface area (Å²) in [6.07, 6.45) is 4.64. The van der Waals surface area contributed by atoms with Crippen LogP contribution in [0.15, 0.2) is 30.3 Å². The zero-order valence-corrected chi connectivity index (χ0v) is 14.3. The van der Waals surface area contributed by atoms with Crippen molar-refractivity contribution < 1.29 is 13.2 Å². The summed E-state index contributed by atoms with van der Waals surface area (Å²) in [5.74, 6) is 0. The molecule has 1 aliphatic heterocycles. The van der Waals surface area contributed by atoms with E-state index in [-0.39, 0.29) is 12.1 Å². The van der Waals surface area contributed by atoms with Gasteiger partial charge >= 0.3 is 6.03 Å². The fourth-order valence-electron chi connectivity index (χ4n) is 2.84. The first-order chi connectivity index (χ1) is 11.0. The molecule has 1 saturated heterocycles. The van der Waals surface area contributed by atoms with E-state index in [4.69, 9.17) is 0 Å². The SMILES string of the molecule is CS(=O)(=O)NCCCNC(=O)N1CCCC1Cc1ccccc1. The maximum absolute atomic E-state index is 12.3. The lowest BCUT2D eigenvalue weighted by Gasteiger charge is -2.25. The first kappa shape index (κ1) is 17.7. The molecule has 128 valence electrons. The van der Waals surface area contributed by atoms with E-state index in [0.29, 0.717) is 19.5 Å². The fourth-order valence-corrected chi connectivity index (χ4v) is 3.36. The van der Waals surface area contributed by atoms with Crippen molar-refractivity contribution in [2.24, 2.45) is 0 Å². The van der Waals surface area contributed by atoms with Crippen molar-refractivity contribution in [2.75, 3.05) is 25.9 Å². The largest absolute Gasteiger partial charge is 0.338 e. The maximum atomic E-state index is 12.3. The van der Waals surface area contributed by atoms with E-state index < -0.39 is 10.0 Å². The molecule has 1 aromatic carbocycles. The third-order valence-corrected chi connectivity index (χ3v) is 4.67. The Morgan fingerprint density at radius 3 is 2.70 bits per heavy atom. The van der Waals surface area contributed by atoms with Gasteiger partial charge in [-0.25, -0.2) is 17.9 Å². The molecule has 0 bridgehead atoms. The number of carbonyl (C=O) groups excluding carboxylic acids is 1. The second kappa shape index (κ2) is 8.31. The topological polar surface area (TPSA) is 78.5 Å². The van der Waals surface area contributed by atoms with Gasteiger partial charge < -0.3 is 10.2 Å². The molecule has 2 rings (SSSR count). The molecule has 1 unspecified atom stereocenters. The average molecular weight is 339 g/mol. The number of rotatable bonds is 7. The van der Waals surface area contributed by atoms with E-state index in [9.17, 15) is 13.2 Å². The summed E-state index contributed by atoms with van der Waals surface area (Å²) in [5, 5.41) is 2.88. The van der Waals surface area contributed by atoms with Crippen LogP contribution in [0.25, 0.3) is 0 Å². The summed E-state index contributed by atoms with van der Waals surface area (Å²) in [6.45, 7) is 1.59. The Labute approximate surface area is 138 Å². The van der Waals surface area contributed by atoms with Crippen LogP contribution in [0.3, 0.4) is 0 Å². The smallest absolute Gasteiger partial charge is 0.317 e. The zero-order chi connectivity index (χ0) is 16.7. The van der Waals surface area contributed by atoms with Gasteiger partial charge in [-0.1, -0.05) is 30.3 Å². The minimum absolute atomic E-state index is 0.0530. The molecule has 0 spiro atoms. The highest BCUT2D eigenvalue weighted by atomic mass is 32.2. The molecular formula is C16H25N3O3S. The van der Waals surface area contributed by atoms with Crippen molar-refractivity contribution in [3.05, 3.63) is 35.9 Å². The molecule has 0 aliphatic carbocycles. The van der Waals surface area contributed by atoms with E-state index in [1.807, 2.05) is 23.1 Å². The molecule has 1 heterocycles. The van der Waals surface area contributed by atoms with Crippen molar-refractivity contribution in [1.29, 1.82) is 0 Å². The van der Waals surface area contributed by atoms with Crippen LogP contribution >= 0.6 is 0 Å². The Morgan fingerprint density at radius 2 is 2.00 bits per heavy atom. The van der Waals surface area contributed by atoms with Gasteiger partial charge in [0.05, 0.1) is 6.26 Å². The summed E-state index contributed by atoms with van der Waals surface area (Å²) >= 11 is 0. The minimum Gasteiger partial charge on any atom is -0.338 e. The minimum atomic E-state index is -3.16. The highest BCUT2D eigenvalue weighted by molar-refractivity contribution is 7.88. The van der Waals surface area contributed by atoms with Gasteiger partial charge in [0.2, 0.25) is 10.0 Å². The summed E-state index contributed by atoms with van der Waals surface area (Å²) in [5.41, 5.74) is 1.24. The van der Waals surface area contributed by atoms with Gasteiger partial charge in [-0.15, -0.1) is 0 Å². The van der Waals surface area contributed by atoms with Gasteiger partial charge in [-0.3, -0.25) is 0 Å². The van der Waals surface area contributed by atoms with E-state index in [1.54, 1.807) is 0 Å². The van der Waals surface area contributed by atoms with Crippen molar-refractivity contribution >= 4 is 16.1 Å². The van der Waals surface area contributed by atoms with Crippen LogP contribution in [0.5, 0.6) is 0 Å². The van der Waals surface area contributed by atoms with E-state index >= 15 is 0 Å². The summed E-state index contributed by atoms with van der Waals surface area (Å²) in [6, 6.07) is 10.4. The monoisotopic (exact) mass is 339 g/mol. The molecule has 2 N–H and O–H groups in total. The van der Waals surface area contributed by atoms with Gasteiger partial charge in [0.15, 0.2) is 0 Å². The molecular weight excluding hydrogens is 314 g/mol. The fraction of sp³-hybridized carbons (Fsp3) is 0.562. The molecule has 0 aromatic heterocycles. The van der Waals surface area contributed by atoms with Gasteiger partial charge in [-0.05, 0) is 31.2 Å². The molecule has 23 heavy (non-hydrogen) atoms. The lowest BCUT2D eigenvalue weighted by molar-refractivity contribution is 0.192.